The average molecular weight is 290 g/mol. The highest BCUT2D eigenvalue weighted by Gasteiger charge is 2.68. The molecule has 0 spiro atoms. The number of rotatable bonds is 4. The zero-order chi connectivity index (χ0) is 13.4. The van der Waals surface area contributed by atoms with Crippen LogP contribution >= 0.6 is 12.4 Å². The first-order chi connectivity index (χ1) is 8.37. The molecule has 0 radical (unpaired) electrons. The first kappa shape index (κ1) is 16.7. The summed E-state index contributed by atoms with van der Waals surface area (Å²) in [7, 11) is 0. The van der Waals surface area contributed by atoms with Crippen molar-refractivity contribution in [3.05, 3.63) is 0 Å². The van der Waals surface area contributed by atoms with Gasteiger partial charge in [-0.05, 0) is 10.8 Å². The summed E-state index contributed by atoms with van der Waals surface area (Å²) in [6.45, 7) is 14.8. The minimum Gasteiger partial charge on any atom is -0.355 e. The van der Waals surface area contributed by atoms with Crippen molar-refractivity contribution in [1.29, 1.82) is 0 Å². The molecular formula is C14H28ClN3O. The standard InChI is InChI=1S/C14H27N3O.ClH/c1-13(2)11(14(13,3)4)12(18)16-7-10-17-8-5-15-6-9-17;/h11,15H,5-10H2,1-4H3,(H,16,18);1H. The van der Waals surface area contributed by atoms with E-state index < -0.39 is 0 Å². The van der Waals surface area contributed by atoms with Crippen LogP contribution in [0.2, 0.25) is 0 Å². The number of carbonyl (C=O) groups excluding carboxylic acids is 1. The number of halogens is 1. The molecular weight excluding hydrogens is 262 g/mol. The molecule has 1 aliphatic heterocycles. The van der Waals surface area contributed by atoms with Crippen LogP contribution in [-0.4, -0.2) is 50.1 Å². The minimum atomic E-state index is 0. The maximum Gasteiger partial charge on any atom is 0.224 e. The molecule has 1 amide bonds. The Bertz CT molecular complexity index is 311. The van der Waals surface area contributed by atoms with Gasteiger partial charge in [-0.1, -0.05) is 27.7 Å². The van der Waals surface area contributed by atoms with Gasteiger partial charge in [-0.15, -0.1) is 12.4 Å². The van der Waals surface area contributed by atoms with Gasteiger partial charge in [0.25, 0.3) is 0 Å². The zero-order valence-electron chi connectivity index (χ0n) is 12.6. The fourth-order valence-electron chi connectivity index (χ4n) is 3.23. The number of amides is 1. The van der Waals surface area contributed by atoms with E-state index in [4.69, 9.17) is 0 Å². The van der Waals surface area contributed by atoms with E-state index in [0.717, 1.165) is 39.3 Å². The van der Waals surface area contributed by atoms with E-state index >= 15 is 0 Å². The summed E-state index contributed by atoms with van der Waals surface area (Å²) in [4.78, 5) is 14.5. The molecule has 1 aliphatic carbocycles. The van der Waals surface area contributed by atoms with Crippen molar-refractivity contribution in [2.75, 3.05) is 39.3 Å². The Morgan fingerprint density at radius 1 is 1.21 bits per heavy atom. The third kappa shape index (κ3) is 3.23. The van der Waals surface area contributed by atoms with Crippen LogP contribution in [0.25, 0.3) is 0 Å². The lowest BCUT2D eigenvalue weighted by Crippen LogP contribution is -2.46. The van der Waals surface area contributed by atoms with E-state index in [1.54, 1.807) is 0 Å². The molecule has 2 N–H and O–H groups in total. The van der Waals surface area contributed by atoms with Crippen molar-refractivity contribution in [3.63, 3.8) is 0 Å². The van der Waals surface area contributed by atoms with Crippen molar-refractivity contribution in [2.45, 2.75) is 27.7 Å². The van der Waals surface area contributed by atoms with Gasteiger partial charge >= 0.3 is 0 Å². The predicted octanol–water partition coefficient (Wildman–Crippen LogP) is 1.11. The molecule has 0 atom stereocenters. The van der Waals surface area contributed by atoms with E-state index in [9.17, 15) is 4.79 Å². The summed E-state index contributed by atoms with van der Waals surface area (Å²) in [6.07, 6.45) is 0. The Balaban J connectivity index is 0.00000180. The molecule has 2 rings (SSSR count). The molecule has 0 aromatic rings. The third-order valence-electron chi connectivity index (χ3n) is 5.22. The highest BCUT2D eigenvalue weighted by molar-refractivity contribution is 5.85. The van der Waals surface area contributed by atoms with Gasteiger partial charge in [0, 0.05) is 45.2 Å². The summed E-state index contributed by atoms with van der Waals surface area (Å²) in [5.74, 6) is 0.410. The topological polar surface area (TPSA) is 44.4 Å². The van der Waals surface area contributed by atoms with E-state index in [1.807, 2.05) is 0 Å². The molecule has 2 fully saturated rings. The van der Waals surface area contributed by atoms with Crippen molar-refractivity contribution in [2.24, 2.45) is 16.7 Å². The van der Waals surface area contributed by atoms with Crippen LogP contribution < -0.4 is 10.6 Å². The second-order valence-electron chi connectivity index (χ2n) is 6.76. The summed E-state index contributed by atoms with van der Waals surface area (Å²) in [5, 5.41) is 6.44. The molecule has 19 heavy (non-hydrogen) atoms. The Labute approximate surface area is 123 Å². The molecule has 1 saturated heterocycles. The number of hydrogen-bond donors (Lipinski definition) is 2. The molecule has 0 unspecified atom stereocenters. The maximum absolute atomic E-state index is 12.1. The lowest BCUT2D eigenvalue weighted by atomic mass is 10.0. The first-order valence-electron chi connectivity index (χ1n) is 7.08. The summed E-state index contributed by atoms with van der Waals surface area (Å²) < 4.78 is 0. The van der Waals surface area contributed by atoms with E-state index in [2.05, 4.69) is 43.2 Å². The van der Waals surface area contributed by atoms with Gasteiger partial charge in [-0.2, -0.15) is 0 Å². The molecule has 0 aromatic carbocycles. The Morgan fingerprint density at radius 2 is 1.74 bits per heavy atom. The molecule has 2 aliphatic rings. The van der Waals surface area contributed by atoms with E-state index in [1.165, 1.54) is 0 Å². The smallest absolute Gasteiger partial charge is 0.224 e. The molecule has 112 valence electrons. The largest absolute Gasteiger partial charge is 0.355 e. The Kier molecular flexibility index (Phi) is 5.27. The molecule has 1 heterocycles. The van der Waals surface area contributed by atoms with E-state index in [0.29, 0.717) is 0 Å². The van der Waals surface area contributed by atoms with Gasteiger partial charge in [-0.25, -0.2) is 0 Å². The van der Waals surface area contributed by atoms with Crippen LogP contribution in [0.15, 0.2) is 0 Å². The normalized spacial score (nSPS) is 25.5. The molecule has 5 heteroatoms. The van der Waals surface area contributed by atoms with Crippen LogP contribution in [0.3, 0.4) is 0 Å². The van der Waals surface area contributed by atoms with Crippen molar-refractivity contribution >= 4 is 18.3 Å². The van der Waals surface area contributed by atoms with Crippen LogP contribution in [0.4, 0.5) is 0 Å². The minimum absolute atomic E-state index is 0. The van der Waals surface area contributed by atoms with Gasteiger partial charge in [-0.3, -0.25) is 9.69 Å². The number of piperazine rings is 1. The fourth-order valence-corrected chi connectivity index (χ4v) is 3.23. The quantitative estimate of drug-likeness (QED) is 0.815. The van der Waals surface area contributed by atoms with Crippen LogP contribution in [0.1, 0.15) is 27.7 Å². The predicted molar refractivity (Wildman–Crippen MR) is 80.6 cm³/mol. The lowest BCUT2D eigenvalue weighted by Gasteiger charge is -2.27. The summed E-state index contributed by atoms with van der Waals surface area (Å²) in [5.41, 5.74) is 0.290. The average Bonchev–Trinajstić information content (AvgIpc) is 2.70. The van der Waals surface area contributed by atoms with Crippen LogP contribution in [0.5, 0.6) is 0 Å². The lowest BCUT2D eigenvalue weighted by molar-refractivity contribution is -0.123. The van der Waals surface area contributed by atoms with Crippen LogP contribution in [0, 0.1) is 16.7 Å². The zero-order valence-corrected chi connectivity index (χ0v) is 13.4. The number of nitrogens with zero attached hydrogens (tertiary/aromatic N) is 1. The van der Waals surface area contributed by atoms with Gasteiger partial charge in [0.05, 0.1) is 0 Å². The summed E-state index contributed by atoms with van der Waals surface area (Å²) in [6, 6.07) is 0. The number of nitrogens with one attached hydrogen (secondary N) is 2. The van der Waals surface area contributed by atoms with E-state index in [-0.39, 0.29) is 35.1 Å². The number of hydrogen-bond acceptors (Lipinski definition) is 3. The van der Waals surface area contributed by atoms with Gasteiger partial charge in [0.15, 0.2) is 0 Å². The SMILES string of the molecule is CC1(C)C(C(=O)NCCN2CCNCC2)C1(C)C.Cl. The second kappa shape index (κ2) is 5.98. The van der Waals surface area contributed by atoms with Gasteiger partial charge in [0.2, 0.25) is 5.91 Å². The molecule has 4 nitrogen and oxygen atoms in total. The Hall–Kier alpha value is -0.320. The van der Waals surface area contributed by atoms with Crippen molar-refractivity contribution < 1.29 is 4.79 Å². The second-order valence-corrected chi connectivity index (χ2v) is 6.76. The number of carbonyl (C=O) groups is 1. The third-order valence-corrected chi connectivity index (χ3v) is 5.22. The highest BCUT2D eigenvalue weighted by Crippen LogP contribution is 2.68. The molecule has 0 bridgehead atoms. The van der Waals surface area contributed by atoms with Gasteiger partial charge in [0.1, 0.15) is 0 Å². The molecule has 1 saturated carbocycles. The highest BCUT2D eigenvalue weighted by atomic mass is 35.5. The van der Waals surface area contributed by atoms with Crippen LogP contribution in [-0.2, 0) is 4.79 Å². The first-order valence-corrected chi connectivity index (χ1v) is 7.08. The fraction of sp³-hybridized carbons (Fsp3) is 0.929. The Morgan fingerprint density at radius 3 is 2.21 bits per heavy atom. The monoisotopic (exact) mass is 289 g/mol. The van der Waals surface area contributed by atoms with Crippen molar-refractivity contribution in [1.82, 2.24) is 15.5 Å². The van der Waals surface area contributed by atoms with Crippen molar-refractivity contribution in [3.8, 4) is 0 Å². The maximum atomic E-state index is 12.1. The summed E-state index contributed by atoms with van der Waals surface area (Å²) >= 11 is 0. The molecule has 0 aromatic heterocycles. The van der Waals surface area contributed by atoms with Gasteiger partial charge < -0.3 is 10.6 Å².